The molecule has 0 radical (unpaired) electrons. The first-order valence-electron chi connectivity index (χ1n) is 13.9. The molecule has 0 unspecified atom stereocenters. The van der Waals surface area contributed by atoms with Gasteiger partial charge in [0.15, 0.2) is 0 Å². The van der Waals surface area contributed by atoms with Crippen molar-refractivity contribution >= 4 is 0 Å². The van der Waals surface area contributed by atoms with E-state index < -0.39 is 12.2 Å². The van der Waals surface area contributed by atoms with Crippen molar-refractivity contribution in [3.8, 4) is 23.0 Å². The Morgan fingerprint density at radius 1 is 0.524 bits per heavy atom. The molecular formula is C36H34O6. The quantitative estimate of drug-likeness (QED) is 0.147. The Balaban J connectivity index is 1.31. The van der Waals surface area contributed by atoms with Crippen LogP contribution < -0.4 is 14.2 Å². The molecule has 0 saturated carbocycles. The van der Waals surface area contributed by atoms with Gasteiger partial charge in [0.1, 0.15) is 48.9 Å². The molecule has 0 amide bonds. The van der Waals surface area contributed by atoms with Gasteiger partial charge in [0.25, 0.3) is 0 Å². The van der Waals surface area contributed by atoms with Gasteiger partial charge in [-0.25, -0.2) is 0 Å². The largest absolute Gasteiger partial charge is 0.507 e. The second-order valence-corrected chi connectivity index (χ2v) is 10.0. The van der Waals surface area contributed by atoms with Crippen molar-refractivity contribution in [2.75, 3.05) is 0 Å². The molecule has 5 aromatic rings. The highest BCUT2D eigenvalue weighted by atomic mass is 16.5. The van der Waals surface area contributed by atoms with Crippen molar-refractivity contribution in [2.24, 2.45) is 0 Å². The summed E-state index contributed by atoms with van der Waals surface area (Å²) in [6.45, 7) is 0.967. The van der Waals surface area contributed by atoms with E-state index in [-0.39, 0.29) is 18.8 Å². The molecule has 2 atom stereocenters. The van der Waals surface area contributed by atoms with E-state index >= 15 is 0 Å². The Kier molecular flexibility index (Phi) is 9.73. The molecular weight excluding hydrogens is 528 g/mol. The smallest absolute Gasteiger partial charge is 0.130 e. The van der Waals surface area contributed by atoms with Crippen LogP contribution in [0.4, 0.5) is 0 Å². The van der Waals surface area contributed by atoms with E-state index in [1.807, 2.05) is 91.0 Å². The molecule has 5 rings (SSSR count). The van der Waals surface area contributed by atoms with E-state index in [4.69, 9.17) is 14.2 Å². The lowest BCUT2D eigenvalue weighted by Gasteiger charge is -2.22. The van der Waals surface area contributed by atoms with Crippen LogP contribution in [0, 0.1) is 0 Å². The zero-order chi connectivity index (χ0) is 29.1. The molecule has 6 heteroatoms. The zero-order valence-corrected chi connectivity index (χ0v) is 23.2. The summed E-state index contributed by atoms with van der Waals surface area (Å²) in [6.07, 6.45) is -2.50. The zero-order valence-electron chi connectivity index (χ0n) is 23.2. The average Bonchev–Trinajstić information content (AvgIpc) is 3.04. The monoisotopic (exact) mass is 562 g/mol. The van der Waals surface area contributed by atoms with E-state index in [0.717, 1.165) is 16.7 Å². The maximum atomic E-state index is 11.1. The van der Waals surface area contributed by atoms with E-state index in [1.54, 1.807) is 30.3 Å². The minimum atomic E-state index is -1.23. The van der Waals surface area contributed by atoms with Crippen LogP contribution in [0.2, 0.25) is 0 Å². The number of rotatable bonds is 13. The third kappa shape index (κ3) is 7.91. The van der Waals surface area contributed by atoms with Crippen LogP contribution in [0.3, 0.4) is 0 Å². The Morgan fingerprint density at radius 2 is 1.05 bits per heavy atom. The SMILES string of the molecule is Oc1cc(OCc2ccccc2)cc(OCc2ccccc2)c1C[C@@H](O)[C@H](O)c1cccc(OCc2ccccc2)c1. The molecule has 3 N–H and O–H groups in total. The summed E-state index contributed by atoms with van der Waals surface area (Å²) in [5, 5.41) is 33.2. The summed E-state index contributed by atoms with van der Waals surface area (Å²) < 4.78 is 18.0. The van der Waals surface area contributed by atoms with Crippen molar-refractivity contribution in [3.05, 3.63) is 155 Å². The summed E-state index contributed by atoms with van der Waals surface area (Å²) in [5.74, 6) is 1.29. The molecule has 0 spiro atoms. The highest BCUT2D eigenvalue weighted by Crippen LogP contribution is 2.37. The minimum Gasteiger partial charge on any atom is -0.507 e. The number of aliphatic hydroxyl groups is 2. The number of hydrogen-bond acceptors (Lipinski definition) is 6. The fourth-order valence-electron chi connectivity index (χ4n) is 4.57. The van der Waals surface area contributed by atoms with E-state index in [1.165, 1.54) is 6.07 Å². The average molecular weight is 563 g/mol. The van der Waals surface area contributed by atoms with Gasteiger partial charge in [-0.1, -0.05) is 103 Å². The third-order valence-corrected chi connectivity index (χ3v) is 6.87. The fourth-order valence-corrected chi connectivity index (χ4v) is 4.57. The predicted octanol–water partition coefficient (Wildman–Crippen LogP) is 6.77. The van der Waals surface area contributed by atoms with Crippen molar-refractivity contribution in [2.45, 2.75) is 38.4 Å². The van der Waals surface area contributed by atoms with Crippen LogP contribution in [0.25, 0.3) is 0 Å². The van der Waals surface area contributed by atoms with Crippen molar-refractivity contribution in [3.63, 3.8) is 0 Å². The first-order chi connectivity index (χ1) is 20.5. The molecule has 0 aromatic heterocycles. The maximum absolute atomic E-state index is 11.1. The number of aliphatic hydroxyl groups excluding tert-OH is 2. The number of hydrogen-bond donors (Lipinski definition) is 3. The van der Waals surface area contributed by atoms with Gasteiger partial charge < -0.3 is 29.5 Å². The lowest BCUT2D eigenvalue weighted by atomic mass is 9.97. The van der Waals surface area contributed by atoms with Crippen molar-refractivity contribution < 1.29 is 29.5 Å². The molecule has 0 heterocycles. The number of phenolic OH excluding ortho intramolecular Hbond substituents is 1. The molecule has 0 aliphatic heterocycles. The van der Waals surface area contributed by atoms with Gasteiger partial charge in [0.05, 0.1) is 6.10 Å². The molecule has 42 heavy (non-hydrogen) atoms. The standard InChI is InChI=1S/C36H34O6/c37-33-20-31(41-24-27-13-6-2-7-14-27)21-35(42-25-28-15-8-3-9-16-28)32(33)22-34(38)36(39)29-17-10-18-30(19-29)40-23-26-11-4-1-5-12-26/h1-21,34,36-39H,22-25H2/t34-,36-/m1/s1. The summed E-state index contributed by atoms with van der Waals surface area (Å²) in [5.41, 5.74) is 3.84. The highest BCUT2D eigenvalue weighted by Gasteiger charge is 2.24. The Bertz CT molecular complexity index is 1540. The Labute approximate surface area is 246 Å². The molecule has 5 aromatic carbocycles. The van der Waals surface area contributed by atoms with Crippen LogP contribution in [0.1, 0.15) is 33.9 Å². The third-order valence-electron chi connectivity index (χ3n) is 6.87. The van der Waals surface area contributed by atoms with Crippen LogP contribution in [0.15, 0.2) is 127 Å². The van der Waals surface area contributed by atoms with Crippen molar-refractivity contribution in [1.82, 2.24) is 0 Å². The van der Waals surface area contributed by atoms with E-state index in [2.05, 4.69) is 0 Å². The normalized spacial score (nSPS) is 12.3. The van der Waals surface area contributed by atoms with Gasteiger partial charge >= 0.3 is 0 Å². The minimum absolute atomic E-state index is 0.0504. The summed E-state index contributed by atoms with van der Waals surface area (Å²) >= 11 is 0. The number of phenols is 1. The lowest BCUT2D eigenvalue weighted by Crippen LogP contribution is -2.21. The maximum Gasteiger partial charge on any atom is 0.130 e. The van der Waals surface area contributed by atoms with Crippen molar-refractivity contribution in [1.29, 1.82) is 0 Å². The van der Waals surface area contributed by atoms with Crippen LogP contribution >= 0.6 is 0 Å². The van der Waals surface area contributed by atoms with Gasteiger partial charge in [-0.15, -0.1) is 0 Å². The van der Waals surface area contributed by atoms with E-state index in [9.17, 15) is 15.3 Å². The van der Waals surface area contributed by atoms with Crippen LogP contribution in [-0.4, -0.2) is 21.4 Å². The Hall–Kier alpha value is -4.78. The first kappa shape index (κ1) is 28.7. The molecule has 0 aliphatic rings. The second kappa shape index (κ2) is 14.2. The van der Waals surface area contributed by atoms with Gasteiger partial charge in [-0.2, -0.15) is 0 Å². The van der Waals surface area contributed by atoms with Crippen LogP contribution in [-0.2, 0) is 26.2 Å². The molecule has 0 saturated heterocycles. The molecule has 6 nitrogen and oxygen atoms in total. The predicted molar refractivity (Wildman–Crippen MR) is 162 cm³/mol. The Morgan fingerprint density at radius 3 is 1.62 bits per heavy atom. The molecule has 0 fully saturated rings. The summed E-state index contributed by atoms with van der Waals surface area (Å²) in [4.78, 5) is 0. The van der Waals surface area contributed by atoms with Gasteiger partial charge in [-0.05, 0) is 34.4 Å². The first-order valence-corrected chi connectivity index (χ1v) is 13.9. The number of aromatic hydroxyl groups is 1. The lowest BCUT2D eigenvalue weighted by molar-refractivity contribution is 0.0181. The number of benzene rings is 5. The topological polar surface area (TPSA) is 88.4 Å². The van der Waals surface area contributed by atoms with Gasteiger partial charge in [0.2, 0.25) is 0 Å². The molecule has 214 valence electrons. The number of ether oxygens (including phenoxy) is 3. The highest BCUT2D eigenvalue weighted by molar-refractivity contribution is 5.50. The summed E-state index contributed by atoms with van der Waals surface area (Å²) in [6, 6.07) is 39.4. The molecule has 0 bridgehead atoms. The van der Waals surface area contributed by atoms with Gasteiger partial charge in [-0.3, -0.25) is 0 Å². The fraction of sp³-hybridized carbons (Fsp3) is 0.167. The van der Waals surface area contributed by atoms with Crippen LogP contribution in [0.5, 0.6) is 23.0 Å². The summed E-state index contributed by atoms with van der Waals surface area (Å²) in [7, 11) is 0. The second-order valence-electron chi connectivity index (χ2n) is 10.0. The molecule has 0 aliphatic carbocycles. The van der Waals surface area contributed by atoms with Gasteiger partial charge in [0, 0.05) is 24.1 Å². The van der Waals surface area contributed by atoms with E-state index in [0.29, 0.717) is 41.6 Å².